The predicted octanol–water partition coefficient (Wildman–Crippen LogP) is 5.43. The number of esters is 1. The third kappa shape index (κ3) is 10.6. The number of ketones is 2. The Labute approximate surface area is 181 Å². The van der Waals surface area contributed by atoms with Crippen LogP contribution < -0.4 is 4.74 Å². The zero-order valence-corrected chi connectivity index (χ0v) is 18.8. The lowest BCUT2D eigenvalue weighted by Crippen LogP contribution is -2.35. The molecule has 0 aliphatic rings. The first-order valence-electron chi connectivity index (χ1n) is 11.2. The minimum absolute atomic E-state index is 0.192. The van der Waals surface area contributed by atoms with E-state index in [1.807, 2.05) is 24.3 Å². The minimum Gasteiger partial charge on any atom is -0.475 e. The highest BCUT2D eigenvalue weighted by molar-refractivity contribution is 6.09. The fourth-order valence-corrected chi connectivity index (χ4v) is 3.22. The Morgan fingerprint density at radius 2 is 1.53 bits per heavy atom. The molecule has 0 N–H and O–H groups in total. The van der Waals surface area contributed by atoms with Gasteiger partial charge in [-0.15, -0.1) is 0 Å². The summed E-state index contributed by atoms with van der Waals surface area (Å²) >= 11 is 0. The SMILES string of the molecule is C[CH]C(=O)C(Oc1ccc(CCCCCCCC)cc1)C(=O)CCCCC(=O)OC. The number of unbranched alkanes of at least 4 members (excludes halogenated alkanes) is 6. The summed E-state index contributed by atoms with van der Waals surface area (Å²) in [5.41, 5.74) is 1.23. The van der Waals surface area contributed by atoms with Crippen molar-refractivity contribution in [3.05, 3.63) is 36.2 Å². The van der Waals surface area contributed by atoms with E-state index in [9.17, 15) is 14.4 Å². The van der Waals surface area contributed by atoms with Gasteiger partial charge in [0.05, 0.1) is 7.11 Å². The number of carbonyl (C=O) groups excluding carboxylic acids is 3. The van der Waals surface area contributed by atoms with Gasteiger partial charge in [0.1, 0.15) is 5.75 Å². The molecule has 1 aromatic carbocycles. The minimum atomic E-state index is -1.13. The molecule has 1 unspecified atom stereocenters. The van der Waals surface area contributed by atoms with E-state index >= 15 is 0 Å². The number of Topliss-reactive ketones (excluding diaryl/α,β-unsaturated/α-hetero) is 2. The molecular weight excluding hydrogens is 380 g/mol. The molecule has 0 fully saturated rings. The molecule has 0 amide bonds. The predicted molar refractivity (Wildman–Crippen MR) is 118 cm³/mol. The normalized spacial score (nSPS) is 11.7. The number of rotatable bonds is 17. The highest BCUT2D eigenvalue weighted by Crippen LogP contribution is 2.18. The average molecular weight is 418 g/mol. The molecule has 5 heteroatoms. The van der Waals surface area contributed by atoms with Gasteiger partial charge < -0.3 is 9.47 Å². The summed E-state index contributed by atoms with van der Waals surface area (Å²) < 4.78 is 10.3. The Kier molecular flexibility index (Phi) is 13.5. The Morgan fingerprint density at radius 3 is 2.17 bits per heavy atom. The average Bonchev–Trinajstić information content (AvgIpc) is 2.77. The van der Waals surface area contributed by atoms with Crippen LogP contribution in [0.1, 0.15) is 83.6 Å². The fourth-order valence-electron chi connectivity index (χ4n) is 3.22. The second kappa shape index (κ2) is 15.6. The van der Waals surface area contributed by atoms with E-state index in [-0.39, 0.29) is 30.4 Å². The van der Waals surface area contributed by atoms with Crippen molar-refractivity contribution in [2.24, 2.45) is 0 Å². The molecule has 0 heterocycles. The molecule has 0 aromatic heterocycles. The summed E-state index contributed by atoms with van der Waals surface area (Å²) in [5.74, 6) is -0.387. The monoisotopic (exact) mass is 417 g/mol. The lowest BCUT2D eigenvalue weighted by Gasteiger charge is -2.16. The van der Waals surface area contributed by atoms with E-state index < -0.39 is 6.10 Å². The number of carbonyl (C=O) groups is 3. The van der Waals surface area contributed by atoms with E-state index in [2.05, 4.69) is 11.7 Å². The lowest BCUT2D eigenvalue weighted by atomic mass is 10.0. The van der Waals surface area contributed by atoms with Crippen molar-refractivity contribution in [2.45, 2.75) is 90.6 Å². The van der Waals surface area contributed by atoms with E-state index in [1.165, 1.54) is 57.6 Å². The molecule has 0 aliphatic heterocycles. The van der Waals surface area contributed by atoms with E-state index in [0.717, 1.165) is 6.42 Å². The number of methoxy groups -OCH3 is 1. The molecule has 0 aliphatic carbocycles. The van der Waals surface area contributed by atoms with Crippen LogP contribution in [0.4, 0.5) is 0 Å². The molecule has 5 nitrogen and oxygen atoms in total. The van der Waals surface area contributed by atoms with Crippen molar-refractivity contribution in [1.82, 2.24) is 0 Å². The van der Waals surface area contributed by atoms with Gasteiger partial charge in [-0.3, -0.25) is 14.4 Å². The van der Waals surface area contributed by atoms with Crippen LogP contribution in [0.25, 0.3) is 0 Å². The first-order chi connectivity index (χ1) is 14.5. The van der Waals surface area contributed by atoms with Crippen molar-refractivity contribution in [3.8, 4) is 5.75 Å². The third-order valence-electron chi connectivity index (χ3n) is 5.11. The summed E-state index contributed by atoms with van der Waals surface area (Å²) in [7, 11) is 1.34. The van der Waals surface area contributed by atoms with E-state index in [1.54, 1.807) is 6.92 Å². The highest BCUT2D eigenvalue weighted by atomic mass is 16.5. The Balaban J connectivity index is 2.50. The number of hydrogen-bond acceptors (Lipinski definition) is 5. The van der Waals surface area contributed by atoms with Gasteiger partial charge in [-0.1, -0.05) is 58.1 Å². The molecule has 0 spiro atoms. The van der Waals surface area contributed by atoms with Gasteiger partial charge in [-0.25, -0.2) is 0 Å². The standard InChI is InChI=1S/C25H37O5/c1-4-6-7-8-9-10-13-20-16-18-21(19-17-20)30-25(22(26)5-2)23(27)14-11-12-15-24(28)29-3/h5,16-19,25H,4,6-15H2,1-3H3. The van der Waals surface area contributed by atoms with Crippen LogP contribution in [0.15, 0.2) is 24.3 Å². The maximum absolute atomic E-state index is 12.5. The molecule has 30 heavy (non-hydrogen) atoms. The zero-order valence-electron chi connectivity index (χ0n) is 18.8. The van der Waals surface area contributed by atoms with E-state index in [0.29, 0.717) is 18.6 Å². The topological polar surface area (TPSA) is 69.7 Å². The number of benzene rings is 1. The number of ether oxygens (including phenoxy) is 2. The van der Waals surface area contributed by atoms with Crippen molar-refractivity contribution < 1.29 is 23.9 Å². The second-order valence-electron chi connectivity index (χ2n) is 7.60. The van der Waals surface area contributed by atoms with Crippen LogP contribution in [0.5, 0.6) is 5.75 Å². The number of hydrogen-bond donors (Lipinski definition) is 0. The maximum Gasteiger partial charge on any atom is 0.305 e. The summed E-state index contributed by atoms with van der Waals surface area (Å²) in [5, 5.41) is 0. The largest absolute Gasteiger partial charge is 0.475 e. The molecule has 0 saturated carbocycles. The van der Waals surface area contributed by atoms with Gasteiger partial charge in [-0.2, -0.15) is 0 Å². The highest BCUT2D eigenvalue weighted by Gasteiger charge is 2.26. The van der Waals surface area contributed by atoms with Crippen molar-refractivity contribution >= 4 is 17.5 Å². The molecular formula is C25H37O5. The summed E-state index contributed by atoms with van der Waals surface area (Å²) in [6.07, 6.45) is 10.4. The molecule has 1 aromatic rings. The Hall–Kier alpha value is -2.17. The quantitative estimate of drug-likeness (QED) is 0.192. The molecule has 0 saturated heterocycles. The summed E-state index contributed by atoms with van der Waals surface area (Å²) in [6, 6.07) is 7.65. The molecule has 1 rings (SSSR count). The lowest BCUT2D eigenvalue weighted by molar-refractivity contribution is -0.141. The first kappa shape index (κ1) is 25.9. The van der Waals surface area contributed by atoms with Crippen molar-refractivity contribution in [1.29, 1.82) is 0 Å². The zero-order chi connectivity index (χ0) is 22.2. The van der Waals surface area contributed by atoms with Gasteiger partial charge in [0.25, 0.3) is 0 Å². The van der Waals surface area contributed by atoms with Crippen molar-refractivity contribution in [2.75, 3.05) is 7.11 Å². The second-order valence-corrected chi connectivity index (χ2v) is 7.60. The van der Waals surface area contributed by atoms with Gasteiger partial charge in [0.2, 0.25) is 6.10 Å². The molecule has 1 radical (unpaired) electrons. The van der Waals surface area contributed by atoms with Crippen molar-refractivity contribution in [3.63, 3.8) is 0 Å². The van der Waals surface area contributed by atoms with Crippen LogP contribution in [0, 0.1) is 6.42 Å². The molecule has 1 atom stereocenters. The third-order valence-corrected chi connectivity index (χ3v) is 5.11. The smallest absolute Gasteiger partial charge is 0.305 e. The Bertz CT molecular complexity index is 635. The first-order valence-corrected chi connectivity index (χ1v) is 11.2. The summed E-state index contributed by atoms with van der Waals surface area (Å²) in [4.78, 5) is 35.8. The van der Waals surface area contributed by atoms with E-state index in [4.69, 9.17) is 4.74 Å². The Morgan fingerprint density at radius 1 is 0.900 bits per heavy atom. The summed E-state index contributed by atoms with van der Waals surface area (Å²) in [6.45, 7) is 3.83. The van der Waals surface area contributed by atoms with Crippen LogP contribution >= 0.6 is 0 Å². The van der Waals surface area contributed by atoms with Crippen LogP contribution in [0.3, 0.4) is 0 Å². The van der Waals surface area contributed by atoms with Gasteiger partial charge in [0, 0.05) is 19.3 Å². The van der Waals surface area contributed by atoms with Gasteiger partial charge in [-0.05, 0) is 43.4 Å². The molecule has 167 valence electrons. The van der Waals surface area contributed by atoms with Crippen LogP contribution in [-0.4, -0.2) is 30.7 Å². The number of aryl methyl sites for hydroxylation is 1. The maximum atomic E-state index is 12.5. The van der Waals surface area contributed by atoms with Gasteiger partial charge in [0.15, 0.2) is 11.6 Å². The van der Waals surface area contributed by atoms with Crippen LogP contribution in [0.2, 0.25) is 0 Å². The van der Waals surface area contributed by atoms with Gasteiger partial charge >= 0.3 is 5.97 Å². The van der Waals surface area contributed by atoms with Crippen LogP contribution in [-0.2, 0) is 25.5 Å². The molecule has 0 bridgehead atoms. The fraction of sp³-hybridized carbons (Fsp3) is 0.600.